The van der Waals surface area contributed by atoms with E-state index in [0.717, 1.165) is 17.3 Å². The van der Waals surface area contributed by atoms with Crippen molar-refractivity contribution in [1.29, 1.82) is 0 Å². The Labute approximate surface area is 146 Å². The van der Waals surface area contributed by atoms with E-state index in [0.29, 0.717) is 24.4 Å². The summed E-state index contributed by atoms with van der Waals surface area (Å²) >= 11 is 1.06. The van der Waals surface area contributed by atoms with Gasteiger partial charge in [0, 0.05) is 24.4 Å². The molecular formula is C17H24N2O4S. The van der Waals surface area contributed by atoms with Crippen molar-refractivity contribution in [2.24, 2.45) is 5.73 Å². The number of nitrogens with two attached hydrogens (primary N) is 1. The number of nitrogens with one attached hydrogen (secondary N) is 1. The summed E-state index contributed by atoms with van der Waals surface area (Å²) in [6.07, 6.45) is -0.248. The third-order valence-electron chi connectivity index (χ3n) is 2.75. The highest BCUT2D eigenvalue weighted by atomic mass is 32.2. The number of thioether (sulfide) groups is 1. The van der Waals surface area contributed by atoms with Gasteiger partial charge in [0.05, 0.1) is 0 Å². The van der Waals surface area contributed by atoms with Crippen LogP contribution in [-0.2, 0) is 20.1 Å². The molecule has 0 heterocycles. The van der Waals surface area contributed by atoms with Gasteiger partial charge in [0.1, 0.15) is 12.0 Å². The van der Waals surface area contributed by atoms with Gasteiger partial charge in [0.15, 0.2) is 5.12 Å². The van der Waals surface area contributed by atoms with E-state index in [2.05, 4.69) is 5.32 Å². The Morgan fingerprint density at radius 3 is 2.33 bits per heavy atom. The summed E-state index contributed by atoms with van der Waals surface area (Å²) in [5.74, 6) is -0.264. The van der Waals surface area contributed by atoms with E-state index < -0.39 is 11.6 Å². The first-order valence-corrected chi connectivity index (χ1v) is 8.64. The zero-order chi connectivity index (χ0) is 18.2. The number of hydrogen-bond acceptors (Lipinski definition) is 6. The van der Waals surface area contributed by atoms with E-state index >= 15 is 0 Å². The van der Waals surface area contributed by atoms with Gasteiger partial charge in [-0.3, -0.25) is 14.4 Å². The lowest BCUT2D eigenvalue weighted by Crippen LogP contribution is -2.28. The van der Waals surface area contributed by atoms with Crippen LogP contribution >= 0.6 is 11.8 Å². The molecule has 0 spiro atoms. The molecule has 1 rings (SSSR count). The zero-order valence-corrected chi connectivity index (χ0v) is 15.1. The molecule has 0 bridgehead atoms. The fraction of sp³-hybridized carbons (Fsp3) is 0.471. The normalized spacial score (nSPS) is 11.0. The number of rotatable bonds is 7. The van der Waals surface area contributed by atoms with Gasteiger partial charge in [0.25, 0.3) is 5.91 Å². The second-order valence-corrected chi connectivity index (χ2v) is 7.20. The first kappa shape index (κ1) is 20.2. The van der Waals surface area contributed by atoms with Crippen molar-refractivity contribution < 1.29 is 19.1 Å². The molecular weight excluding hydrogens is 328 g/mol. The van der Waals surface area contributed by atoms with Crippen molar-refractivity contribution in [2.75, 3.05) is 13.1 Å². The quantitative estimate of drug-likeness (QED) is 0.574. The Morgan fingerprint density at radius 1 is 1.17 bits per heavy atom. The van der Waals surface area contributed by atoms with Crippen molar-refractivity contribution in [3.63, 3.8) is 0 Å². The summed E-state index contributed by atoms with van der Waals surface area (Å²) in [4.78, 5) is 35.1. The molecule has 0 aromatic heterocycles. The lowest BCUT2D eigenvalue weighted by atomic mass is 10.1. The summed E-state index contributed by atoms with van der Waals surface area (Å²) < 4.78 is 5.11. The van der Waals surface area contributed by atoms with Gasteiger partial charge in [-0.2, -0.15) is 0 Å². The number of amides is 1. The average Bonchev–Trinajstić information content (AvgIpc) is 2.49. The molecule has 0 atom stereocenters. The summed E-state index contributed by atoms with van der Waals surface area (Å²) in [5.41, 5.74) is 6.17. The fourth-order valence-corrected chi connectivity index (χ4v) is 2.49. The number of ether oxygens (including phenoxy) is 1. The number of hydrogen-bond donors (Lipinski definition) is 2. The Bertz CT molecular complexity index is 579. The maximum absolute atomic E-state index is 11.8. The molecule has 7 heteroatoms. The van der Waals surface area contributed by atoms with Crippen molar-refractivity contribution in [3.8, 4) is 0 Å². The fourth-order valence-electron chi connectivity index (χ4n) is 1.75. The van der Waals surface area contributed by atoms with Crippen LogP contribution < -0.4 is 11.1 Å². The number of carbonyl (C=O) groups is 3. The van der Waals surface area contributed by atoms with Gasteiger partial charge in [-0.1, -0.05) is 23.9 Å². The summed E-state index contributed by atoms with van der Waals surface area (Å²) in [7, 11) is 0. The van der Waals surface area contributed by atoms with Crippen LogP contribution in [0.4, 0.5) is 0 Å². The van der Waals surface area contributed by atoms with Crippen LogP contribution in [0.15, 0.2) is 24.3 Å². The number of carbonyl (C=O) groups excluding carboxylic acids is 3. The topological polar surface area (TPSA) is 98.5 Å². The van der Waals surface area contributed by atoms with E-state index in [9.17, 15) is 14.4 Å². The lowest BCUT2D eigenvalue weighted by Gasteiger charge is -2.19. The average molecular weight is 352 g/mol. The SMILES string of the molecule is CC(C)(C)OC(=O)CC(=O)SCc1ccc(C(=O)NCCN)cc1. The molecule has 1 amide bonds. The molecule has 0 unspecified atom stereocenters. The molecule has 1 aromatic rings. The second-order valence-electron chi connectivity index (χ2n) is 6.17. The third kappa shape index (κ3) is 8.12. The van der Waals surface area contributed by atoms with Crippen molar-refractivity contribution >= 4 is 28.8 Å². The Hall–Kier alpha value is -1.86. The third-order valence-corrected chi connectivity index (χ3v) is 3.70. The Balaban J connectivity index is 2.43. The first-order valence-electron chi connectivity index (χ1n) is 7.66. The van der Waals surface area contributed by atoms with Crippen LogP contribution in [-0.4, -0.2) is 35.7 Å². The molecule has 24 heavy (non-hydrogen) atoms. The predicted molar refractivity (Wildman–Crippen MR) is 94.6 cm³/mol. The van der Waals surface area contributed by atoms with E-state index in [1.54, 1.807) is 45.0 Å². The molecule has 0 radical (unpaired) electrons. The molecule has 132 valence electrons. The van der Waals surface area contributed by atoms with Crippen LogP contribution in [0.5, 0.6) is 0 Å². The summed E-state index contributed by atoms with van der Waals surface area (Å²) in [6.45, 7) is 6.09. The maximum atomic E-state index is 11.8. The lowest BCUT2D eigenvalue weighted by molar-refractivity contribution is -0.155. The van der Waals surface area contributed by atoms with E-state index in [1.807, 2.05) is 0 Å². The molecule has 0 aliphatic heterocycles. The van der Waals surface area contributed by atoms with Crippen LogP contribution in [0.25, 0.3) is 0 Å². The van der Waals surface area contributed by atoms with Gasteiger partial charge in [-0.15, -0.1) is 0 Å². The highest BCUT2D eigenvalue weighted by Crippen LogP contribution is 2.17. The molecule has 0 aliphatic carbocycles. The second kappa shape index (κ2) is 9.44. The minimum atomic E-state index is -0.595. The monoisotopic (exact) mass is 352 g/mol. The Morgan fingerprint density at radius 2 is 1.79 bits per heavy atom. The molecule has 6 nitrogen and oxygen atoms in total. The first-order chi connectivity index (χ1) is 11.2. The van der Waals surface area contributed by atoms with Crippen molar-refractivity contribution in [3.05, 3.63) is 35.4 Å². The molecule has 1 aromatic carbocycles. The summed E-state index contributed by atoms with van der Waals surface area (Å²) in [6, 6.07) is 6.95. The van der Waals surface area contributed by atoms with Crippen LogP contribution in [0, 0.1) is 0 Å². The highest BCUT2D eigenvalue weighted by molar-refractivity contribution is 8.13. The molecule has 0 fully saturated rings. The van der Waals surface area contributed by atoms with Gasteiger partial charge >= 0.3 is 5.97 Å². The van der Waals surface area contributed by atoms with E-state index in [4.69, 9.17) is 10.5 Å². The van der Waals surface area contributed by atoms with Crippen molar-refractivity contribution in [1.82, 2.24) is 5.32 Å². The Kier molecular flexibility index (Phi) is 7.94. The minimum Gasteiger partial charge on any atom is -0.460 e. The largest absolute Gasteiger partial charge is 0.460 e. The van der Waals surface area contributed by atoms with Gasteiger partial charge in [-0.25, -0.2) is 0 Å². The number of esters is 1. The summed E-state index contributed by atoms with van der Waals surface area (Å²) in [5, 5.41) is 2.44. The predicted octanol–water partition coefficient (Wildman–Crippen LogP) is 1.87. The van der Waals surface area contributed by atoms with Crippen LogP contribution in [0.3, 0.4) is 0 Å². The maximum Gasteiger partial charge on any atom is 0.314 e. The van der Waals surface area contributed by atoms with Crippen LogP contribution in [0.1, 0.15) is 43.1 Å². The van der Waals surface area contributed by atoms with Gasteiger partial charge in [0.2, 0.25) is 0 Å². The highest BCUT2D eigenvalue weighted by Gasteiger charge is 2.19. The minimum absolute atomic E-state index is 0.180. The standard InChI is InChI=1S/C17H24N2O4S/c1-17(2,3)23-14(20)10-15(21)24-11-12-4-6-13(7-5-12)16(22)19-9-8-18/h4-7H,8-11,18H2,1-3H3,(H,19,22). The van der Waals surface area contributed by atoms with Crippen LogP contribution in [0.2, 0.25) is 0 Å². The van der Waals surface area contributed by atoms with Gasteiger partial charge in [-0.05, 0) is 38.5 Å². The molecule has 3 N–H and O–H groups in total. The van der Waals surface area contributed by atoms with E-state index in [1.165, 1.54) is 0 Å². The molecule has 0 aliphatic rings. The molecule has 0 saturated carbocycles. The number of benzene rings is 1. The van der Waals surface area contributed by atoms with Gasteiger partial charge < -0.3 is 15.8 Å². The van der Waals surface area contributed by atoms with E-state index in [-0.39, 0.29) is 17.4 Å². The van der Waals surface area contributed by atoms with Crippen molar-refractivity contribution in [2.45, 2.75) is 38.5 Å². The smallest absolute Gasteiger partial charge is 0.314 e. The molecule has 0 saturated heterocycles. The zero-order valence-electron chi connectivity index (χ0n) is 14.3.